The Labute approximate surface area is 110 Å². The topological polar surface area (TPSA) is 41.1 Å². The lowest BCUT2D eigenvalue weighted by atomic mass is 10.1. The van der Waals surface area contributed by atoms with Crippen molar-refractivity contribution in [1.29, 1.82) is 0 Å². The van der Waals surface area contributed by atoms with E-state index in [2.05, 4.69) is 10.6 Å². The fraction of sp³-hybridized carbons (Fsp3) is 0.267. The molecule has 4 heteroatoms. The van der Waals surface area contributed by atoms with Crippen molar-refractivity contribution in [2.24, 2.45) is 0 Å². The first-order valence-corrected chi connectivity index (χ1v) is 6.44. The third-order valence-corrected chi connectivity index (χ3v) is 3.30. The fourth-order valence-electron chi connectivity index (χ4n) is 2.05. The number of hydrogen-bond acceptors (Lipinski definition) is 1. The summed E-state index contributed by atoms with van der Waals surface area (Å²) >= 11 is 0. The van der Waals surface area contributed by atoms with Crippen LogP contribution in [-0.2, 0) is 6.54 Å². The molecule has 1 aliphatic carbocycles. The zero-order chi connectivity index (χ0) is 13.2. The van der Waals surface area contributed by atoms with E-state index in [4.69, 9.17) is 0 Å². The predicted molar refractivity (Wildman–Crippen MR) is 72.3 cm³/mol. The van der Waals surface area contributed by atoms with Crippen molar-refractivity contribution in [2.75, 3.05) is 0 Å². The molecule has 3 nitrogen and oxygen atoms in total. The van der Waals surface area contributed by atoms with Crippen LogP contribution in [0.25, 0.3) is 10.8 Å². The van der Waals surface area contributed by atoms with Crippen molar-refractivity contribution in [3.05, 3.63) is 47.8 Å². The van der Waals surface area contributed by atoms with E-state index in [0.29, 0.717) is 17.0 Å². The van der Waals surface area contributed by atoms with Gasteiger partial charge in [-0.3, -0.25) is 0 Å². The van der Waals surface area contributed by atoms with Gasteiger partial charge in [-0.2, -0.15) is 0 Å². The van der Waals surface area contributed by atoms with Gasteiger partial charge < -0.3 is 10.6 Å². The number of amides is 2. The maximum Gasteiger partial charge on any atom is 0.315 e. The van der Waals surface area contributed by atoms with Crippen molar-refractivity contribution in [1.82, 2.24) is 10.6 Å². The van der Waals surface area contributed by atoms with Gasteiger partial charge in [0.15, 0.2) is 0 Å². The molecule has 0 heterocycles. The molecule has 0 aromatic heterocycles. The second-order valence-electron chi connectivity index (χ2n) is 4.86. The Hall–Kier alpha value is -2.10. The maximum absolute atomic E-state index is 14.2. The Bertz CT molecular complexity index is 623. The largest absolute Gasteiger partial charge is 0.335 e. The average Bonchev–Trinajstić information content (AvgIpc) is 3.22. The van der Waals surface area contributed by atoms with Crippen LogP contribution in [0, 0.1) is 5.82 Å². The van der Waals surface area contributed by atoms with Gasteiger partial charge >= 0.3 is 6.03 Å². The number of benzene rings is 2. The van der Waals surface area contributed by atoms with Gasteiger partial charge in [0.05, 0.1) is 0 Å². The first-order valence-electron chi connectivity index (χ1n) is 6.44. The molecule has 1 saturated carbocycles. The van der Waals surface area contributed by atoms with E-state index in [-0.39, 0.29) is 18.4 Å². The summed E-state index contributed by atoms with van der Waals surface area (Å²) in [5.41, 5.74) is 0.504. The molecular formula is C15H15FN2O. The molecular weight excluding hydrogens is 243 g/mol. The summed E-state index contributed by atoms with van der Waals surface area (Å²) in [6.07, 6.45) is 2.08. The number of rotatable bonds is 3. The number of carbonyl (C=O) groups excluding carboxylic acids is 1. The summed E-state index contributed by atoms with van der Waals surface area (Å²) in [5.74, 6) is -0.259. The minimum absolute atomic E-state index is 0.204. The smallest absolute Gasteiger partial charge is 0.315 e. The lowest BCUT2D eigenvalue weighted by Gasteiger charge is -2.09. The normalized spacial score (nSPS) is 14.4. The number of nitrogens with one attached hydrogen (secondary N) is 2. The van der Waals surface area contributed by atoms with Gasteiger partial charge in [0.2, 0.25) is 0 Å². The monoisotopic (exact) mass is 258 g/mol. The number of fused-ring (bicyclic) bond motifs is 1. The van der Waals surface area contributed by atoms with Gasteiger partial charge in [-0.15, -0.1) is 0 Å². The standard InChI is InChI=1S/C15H15FN2O/c16-14-11(9-17-15(19)18-12-7-8-12)6-5-10-3-1-2-4-13(10)14/h1-6,12H,7-9H2,(H2,17,18,19). The SMILES string of the molecule is O=C(NCc1ccc2ccccc2c1F)NC1CC1. The second-order valence-corrected chi connectivity index (χ2v) is 4.86. The Balaban J connectivity index is 1.73. The van der Waals surface area contributed by atoms with E-state index in [1.807, 2.05) is 24.3 Å². The zero-order valence-electron chi connectivity index (χ0n) is 10.4. The number of halogens is 1. The molecule has 3 rings (SSSR count). The van der Waals surface area contributed by atoms with Crippen LogP contribution in [-0.4, -0.2) is 12.1 Å². The molecule has 2 aromatic carbocycles. The first kappa shape index (κ1) is 12.0. The van der Waals surface area contributed by atoms with Crippen molar-refractivity contribution in [2.45, 2.75) is 25.4 Å². The lowest BCUT2D eigenvalue weighted by molar-refractivity contribution is 0.240. The maximum atomic E-state index is 14.2. The molecule has 0 radical (unpaired) electrons. The molecule has 0 saturated heterocycles. The van der Waals surface area contributed by atoms with Crippen LogP contribution in [0.4, 0.5) is 9.18 Å². The van der Waals surface area contributed by atoms with Crippen LogP contribution in [0.15, 0.2) is 36.4 Å². The predicted octanol–water partition coefficient (Wildman–Crippen LogP) is 2.94. The highest BCUT2D eigenvalue weighted by molar-refractivity contribution is 5.84. The van der Waals surface area contributed by atoms with Gasteiger partial charge in [-0.1, -0.05) is 36.4 Å². The molecule has 0 atom stereocenters. The highest BCUT2D eigenvalue weighted by Crippen LogP contribution is 2.21. The van der Waals surface area contributed by atoms with E-state index in [9.17, 15) is 9.18 Å². The minimum Gasteiger partial charge on any atom is -0.335 e. The van der Waals surface area contributed by atoms with Crippen molar-refractivity contribution in [3.63, 3.8) is 0 Å². The van der Waals surface area contributed by atoms with Gasteiger partial charge in [0.1, 0.15) is 5.82 Å². The van der Waals surface area contributed by atoms with Crippen LogP contribution in [0.5, 0.6) is 0 Å². The van der Waals surface area contributed by atoms with E-state index in [1.54, 1.807) is 12.1 Å². The summed E-state index contributed by atoms with van der Waals surface area (Å²) in [6, 6.07) is 11.0. The fourth-order valence-corrected chi connectivity index (χ4v) is 2.05. The van der Waals surface area contributed by atoms with Crippen LogP contribution in [0.1, 0.15) is 18.4 Å². The van der Waals surface area contributed by atoms with Crippen molar-refractivity contribution >= 4 is 16.8 Å². The van der Waals surface area contributed by atoms with Crippen LogP contribution in [0.2, 0.25) is 0 Å². The van der Waals surface area contributed by atoms with Crippen LogP contribution >= 0.6 is 0 Å². The zero-order valence-corrected chi connectivity index (χ0v) is 10.4. The summed E-state index contributed by atoms with van der Waals surface area (Å²) in [7, 11) is 0. The van der Waals surface area contributed by atoms with E-state index in [0.717, 1.165) is 18.2 Å². The van der Waals surface area contributed by atoms with Crippen LogP contribution in [0.3, 0.4) is 0 Å². The second kappa shape index (κ2) is 4.88. The lowest BCUT2D eigenvalue weighted by Crippen LogP contribution is -2.36. The molecule has 0 unspecified atom stereocenters. The Kier molecular flexibility index (Phi) is 3.07. The third kappa shape index (κ3) is 2.67. The van der Waals surface area contributed by atoms with Gasteiger partial charge in [-0.05, 0) is 18.2 Å². The number of hydrogen-bond donors (Lipinski definition) is 2. The van der Waals surface area contributed by atoms with E-state index < -0.39 is 0 Å². The number of carbonyl (C=O) groups is 1. The minimum atomic E-state index is -0.259. The Morgan fingerprint density at radius 3 is 2.79 bits per heavy atom. The third-order valence-electron chi connectivity index (χ3n) is 3.30. The highest BCUT2D eigenvalue weighted by Gasteiger charge is 2.23. The molecule has 1 fully saturated rings. The van der Waals surface area contributed by atoms with Gasteiger partial charge in [0.25, 0.3) is 0 Å². The molecule has 2 aromatic rings. The Morgan fingerprint density at radius 1 is 1.21 bits per heavy atom. The average molecular weight is 258 g/mol. The first-order chi connectivity index (χ1) is 9.24. The van der Waals surface area contributed by atoms with Gasteiger partial charge in [0, 0.05) is 23.5 Å². The molecule has 19 heavy (non-hydrogen) atoms. The van der Waals surface area contributed by atoms with E-state index in [1.165, 1.54) is 0 Å². The molecule has 1 aliphatic rings. The molecule has 2 amide bonds. The summed E-state index contributed by atoms with van der Waals surface area (Å²) in [6.45, 7) is 0.204. The van der Waals surface area contributed by atoms with Gasteiger partial charge in [-0.25, -0.2) is 9.18 Å². The number of urea groups is 1. The quantitative estimate of drug-likeness (QED) is 0.873. The van der Waals surface area contributed by atoms with Crippen molar-refractivity contribution in [3.8, 4) is 0 Å². The summed E-state index contributed by atoms with van der Waals surface area (Å²) in [5, 5.41) is 6.95. The Morgan fingerprint density at radius 2 is 2.00 bits per heavy atom. The highest BCUT2D eigenvalue weighted by atomic mass is 19.1. The van der Waals surface area contributed by atoms with Crippen LogP contribution < -0.4 is 10.6 Å². The molecule has 0 spiro atoms. The molecule has 0 bridgehead atoms. The van der Waals surface area contributed by atoms with E-state index >= 15 is 0 Å². The van der Waals surface area contributed by atoms with Crippen molar-refractivity contribution < 1.29 is 9.18 Å². The summed E-state index contributed by atoms with van der Waals surface area (Å²) in [4.78, 5) is 11.5. The molecule has 98 valence electrons. The molecule has 2 N–H and O–H groups in total. The molecule has 0 aliphatic heterocycles. The summed E-state index contributed by atoms with van der Waals surface area (Å²) < 4.78 is 14.2.